The minimum atomic E-state index is -3.41. The fourth-order valence-electron chi connectivity index (χ4n) is 4.07. The minimum absolute atomic E-state index is 0.260. The van der Waals surface area contributed by atoms with E-state index in [1.807, 2.05) is 26.0 Å². The monoisotopic (exact) mass is 424 g/mol. The Morgan fingerprint density at radius 2 is 1.96 bits per heavy atom. The third kappa shape index (κ3) is 4.37. The molecule has 1 fully saturated rings. The van der Waals surface area contributed by atoms with Crippen LogP contribution in [0.25, 0.3) is 10.2 Å². The number of thiophene rings is 1. The highest BCUT2D eigenvalue weighted by atomic mass is 32.2. The number of amides is 1. The Bertz CT molecular complexity index is 930. The maximum Gasteiger partial charge on any atom is 0.279 e. The van der Waals surface area contributed by atoms with Crippen LogP contribution in [0.4, 0.5) is 0 Å². The van der Waals surface area contributed by atoms with E-state index in [-0.39, 0.29) is 5.92 Å². The lowest BCUT2D eigenvalue weighted by atomic mass is 9.78. The fraction of sp³-hybridized carbons (Fsp3) is 0.579. The van der Waals surface area contributed by atoms with Crippen LogP contribution in [0.5, 0.6) is 0 Å². The van der Waals surface area contributed by atoms with E-state index in [1.54, 1.807) is 6.20 Å². The van der Waals surface area contributed by atoms with Crippen molar-refractivity contribution in [2.75, 3.05) is 19.6 Å². The molecule has 0 aliphatic heterocycles. The third-order valence-corrected chi connectivity index (χ3v) is 8.45. The average Bonchev–Trinajstić information content (AvgIpc) is 3.07. The normalized spacial score (nSPS) is 20.7. The first kappa shape index (κ1) is 21.2. The number of nitrogens with zero attached hydrogens (tertiary/aromatic N) is 2. The topological polar surface area (TPSA) is 105 Å². The van der Waals surface area contributed by atoms with Gasteiger partial charge >= 0.3 is 0 Å². The second-order valence-corrected chi connectivity index (χ2v) is 9.97. The summed E-state index contributed by atoms with van der Waals surface area (Å²) in [5, 5.41) is 1.02. The van der Waals surface area contributed by atoms with Gasteiger partial charge in [0.15, 0.2) is 0 Å². The van der Waals surface area contributed by atoms with Crippen molar-refractivity contribution in [2.24, 2.45) is 11.7 Å². The molecule has 28 heavy (non-hydrogen) atoms. The molecule has 1 amide bonds. The summed E-state index contributed by atoms with van der Waals surface area (Å²) in [6.07, 6.45) is 5.39. The van der Waals surface area contributed by atoms with Crippen molar-refractivity contribution < 1.29 is 13.2 Å². The van der Waals surface area contributed by atoms with Crippen LogP contribution in [0.3, 0.4) is 0 Å². The molecule has 1 aliphatic carbocycles. The molecule has 0 unspecified atom stereocenters. The van der Waals surface area contributed by atoms with Crippen molar-refractivity contribution in [1.82, 2.24) is 14.0 Å². The maximum atomic E-state index is 12.3. The van der Waals surface area contributed by atoms with E-state index in [9.17, 15) is 13.2 Å². The largest absolute Gasteiger partial charge is 0.365 e. The van der Waals surface area contributed by atoms with E-state index in [0.717, 1.165) is 41.5 Å². The Labute approximate surface area is 170 Å². The zero-order valence-electron chi connectivity index (χ0n) is 16.3. The molecule has 1 saturated carbocycles. The van der Waals surface area contributed by atoms with Gasteiger partial charge in [-0.25, -0.2) is 9.71 Å². The molecule has 1 aliphatic rings. The van der Waals surface area contributed by atoms with Crippen molar-refractivity contribution in [3.05, 3.63) is 28.8 Å². The van der Waals surface area contributed by atoms with Gasteiger partial charge in [-0.15, -0.1) is 11.3 Å². The van der Waals surface area contributed by atoms with Crippen molar-refractivity contribution >= 4 is 37.7 Å². The molecule has 0 spiro atoms. The Balaban J connectivity index is 1.67. The van der Waals surface area contributed by atoms with Crippen LogP contribution in [0.2, 0.25) is 0 Å². The summed E-state index contributed by atoms with van der Waals surface area (Å²) in [5.41, 5.74) is 6.66. The van der Waals surface area contributed by atoms with Crippen LogP contribution >= 0.6 is 11.3 Å². The smallest absolute Gasteiger partial charge is 0.279 e. The summed E-state index contributed by atoms with van der Waals surface area (Å²) in [6, 6.07) is 3.89. The van der Waals surface area contributed by atoms with E-state index in [1.165, 1.54) is 15.6 Å². The van der Waals surface area contributed by atoms with Crippen molar-refractivity contribution in [3.63, 3.8) is 0 Å². The Kier molecular flexibility index (Phi) is 6.69. The summed E-state index contributed by atoms with van der Waals surface area (Å²) < 4.78 is 28.8. The second kappa shape index (κ2) is 8.86. The predicted octanol–water partition coefficient (Wildman–Crippen LogP) is 2.85. The van der Waals surface area contributed by atoms with E-state index in [2.05, 4.69) is 9.71 Å². The van der Waals surface area contributed by atoms with Crippen LogP contribution in [0.15, 0.2) is 18.3 Å². The van der Waals surface area contributed by atoms with Gasteiger partial charge in [0.1, 0.15) is 4.83 Å². The quantitative estimate of drug-likeness (QED) is 0.680. The van der Waals surface area contributed by atoms with Gasteiger partial charge in [-0.05, 0) is 49.1 Å². The number of nitrogens with two attached hydrogens (primary N) is 1. The second-order valence-electron chi connectivity index (χ2n) is 7.22. The molecule has 3 rings (SSSR count). The first-order valence-electron chi connectivity index (χ1n) is 9.79. The minimum Gasteiger partial charge on any atom is -0.365 e. The number of hydrogen-bond acceptors (Lipinski definition) is 5. The SMILES string of the molecule is CCN(CC)S(=O)(=O)NCC1CCC(c2c(C(N)=O)sc3ncccc23)CC1. The van der Waals surface area contributed by atoms with E-state index in [0.29, 0.717) is 30.4 Å². The molecule has 154 valence electrons. The molecule has 0 bridgehead atoms. The standard InChI is InChI=1S/C19H28N4O3S2/c1-3-23(4-2)28(25,26)22-12-13-7-9-14(10-8-13)16-15-6-5-11-21-19(15)27-17(16)18(20)24/h5-6,11,13-14,22H,3-4,7-10,12H2,1-2H3,(H2,20,24). The fourth-order valence-corrected chi connectivity index (χ4v) is 6.46. The van der Waals surface area contributed by atoms with Crippen LogP contribution in [-0.4, -0.2) is 43.2 Å². The van der Waals surface area contributed by atoms with Gasteiger partial charge in [-0.1, -0.05) is 19.9 Å². The molecular weight excluding hydrogens is 396 g/mol. The lowest BCUT2D eigenvalue weighted by molar-refractivity contribution is 0.100. The number of nitrogens with one attached hydrogen (secondary N) is 1. The van der Waals surface area contributed by atoms with Gasteiger partial charge in [0.05, 0.1) is 4.88 Å². The van der Waals surface area contributed by atoms with Gasteiger partial charge in [0.25, 0.3) is 16.1 Å². The van der Waals surface area contributed by atoms with E-state index < -0.39 is 16.1 Å². The van der Waals surface area contributed by atoms with E-state index >= 15 is 0 Å². The average molecular weight is 425 g/mol. The molecule has 0 atom stereocenters. The number of hydrogen-bond donors (Lipinski definition) is 2. The Morgan fingerprint density at radius 3 is 2.57 bits per heavy atom. The zero-order chi connectivity index (χ0) is 20.3. The molecule has 0 aromatic carbocycles. The van der Waals surface area contributed by atoms with Crippen molar-refractivity contribution in [2.45, 2.75) is 45.4 Å². The number of carbonyl (C=O) groups excluding carboxylic acids is 1. The van der Waals surface area contributed by atoms with Crippen LogP contribution in [0, 0.1) is 5.92 Å². The van der Waals surface area contributed by atoms with Gasteiger partial charge in [-0.2, -0.15) is 12.7 Å². The van der Waals surface area contributed by atoms with Crippen LogP contribution < -0.4 is 10.5 Å². The molecule has 2 aromatic heterocycles. The number of fused-ring (bicyclic) bond motifs is 1. The van der Waals surface area contributed by atoms with Gasteiger partial charge < -0.3 is 5.73 Å². The first-order valence-corrected chi connectivity index (χ1v) is 12.0. The summed E-state index contributed by atoms with van der Waals surface area (Å²) in [6.45, 7) is 5.07. The van der Waals surface area contributed by atoms with Gasteiger partial charge in [0.2, 0.25) is 0 Å². The van der Waals surface area contributed by atoms with Crippen LogP contribution in [0.1, 0.15) is 60.7 Å². The number of primary amides is 1. The highest BCUT2D eigenvalue weighted by Gasteiger charge is 2.29. The first-order chi connectivity index (χ1) is 13.4. The number of carbonyl (C=O) groups is 1. The molecular formula is C19H28N4O3S2. The zero-order valence-corrected chi connectivity index (χ0v) is 18.0. The summed E-state index contributed by atoms with van der Waals surface area (Å²) in [4.78, 5) is 17.8. The number of pyridine rings is 1. The maximum absolute atomic E-state index is 12.3. The van der Waals surface area contributed by atoms with Crippen molar-refractivity contribution in [1.29, 1.82) is 0 Å². The van der Waals surface area contributed by atoms with E-state index in [4.69, 9.17) is 5.73 Å². The Hall–Kier alpha value is -1.55. The molecule has 2 aromatic rings. The number of aromatic nitrogens is 1. The molecule has 7 nitrogen and oxygen atoms in total. The Morgan fingerprint density at radius 1 is 1.29 bits per heavy atom. The molecule has 3 N–H and O–H groups in total. The van der Waals surface area contributed by atoms with Gasteiger partial charge in [0, 0.05) is 31.2 Å². The molecule has 9 heteroatoms. The third-order valence-electron chi connectivity index (χ3n) is 5.58. The molecule has 0 radical (unpaired) electrons. The molecule has 2 heterocycles. The lowest BCUT2D eigenvalue weighted by Crippen LogP contribution is -2.42. The highest BCUT2D eigenvalue weighted by Crippen LogP contribution is 2.42. The van der Waals surface area contributed by atoms with Crippen LogP contribution in [-0.2, 0) is 10.2 Å². The summed E-state index contributed by atoms with van der Waals surface area (Å²) in [5.74, 6) is 0.171. The summed E-state index contributed by atoms with van der Waals surface area (Å²) >= 11 is 1.37. The number of rotatable bonds is 8. The molecule has 0 saturated heterocycles. The predicted molar refractivity (Wildman–Crippen MR) is 113 cm³/mol. The lowest BCUT2D eigenvalue weighted by Gasteiger charge is -2.29. The van der Waals surface area contributed by atoms with Gasteiger partial charge in [-0.3, -0.25) is 4.79 Å². The highest BCUT2D eigenvalue weighted by molar-refractivity contribution is 7.87. The van der Waals surface area contributed by atoms with Crippen molar-refractivity contribution in [3.8, 4) is 0 Å². The summed E-state index contributed by atoms with van der Waals surface area (Å²) in [7, 11) is -3.41.